The SMILES string of the molecule is CN1CCN(Cc2ccccc2)CC(C)(C)C1. The highest BCUT2D eigenvalue weighted by Crippen LogP contribution is 2.22. The van der Waals surface area contributed by atoms with Gasteiger partial charge in [-0.25, -0.2) is 0 Å². The second-order valence-electron chi connectivity index (χ2n) is 6.10. The van der Waals surface area contributed by atoms with Crippen LogP contribution in [-0.4, -0.2) is 43.0 Å². The molecule has 1 fully saturated rings. The maximum Gasteiger partial charge on any atom is 0.0234 e. The highest BCUT2D eigenvalue weighted by molar-refractivity contribution is 5.14. The third kappa shape index (κ3) is 3.83. The molecule has 0 N–H and O–H groups in total. The Morgan fingerprint density at radius 3 is 2.47 bits per heavy atom. The lowest BCUT2D eigenvalue weighted by molar-refractivity contribution is 0.190. The van der Waals surface area contributed by atoms with Gasteiger partial charge in [-0.05, 0) is 18.0 Å². The summed E-state index contributed by atoms with van der Waals surface area (Å²) in [7, 11) is 2.23. The molecule has 1 aliphatic heterocycles. The largest absolute Gasteiger partial charge is 0.305 e. The molecule has 0 amide bonds. The van der Waals surface area contributed by atoms with Crippen LogP contribution < -0.4 is 0 Å². The molecule has 1 aliphatic rings. The molecule has 1 saturated heterocycles. The van der Waals surface area contributed by atoms with Gasteiger partial charge in [0.15, 0.2) is 0 Å². The van der Waals surface area contributed by atoms with E-state index in [0.717, 1.165) is 6.54 Å². The first kappa shape index (κ1) is 12.6. The van der Waals surface area contributed by atoms with Crippen LogP contribution in [0.25, 0.3) is 0 Å². The third-order valence-electron chi connectivity index (χ3n) is 3.40. The molecule has 0 aromatic heterocycles. The van der Waals surface area contributed by atoms with Crippen molar-refractivity contribution in [3.8, 4) is 0 Å². The lowest BCUT2D eigenvalue weighted by Gasteiger charge is -2.30. The van der Waals surface area contributed by atoms with Gasteiger partial charge in [-0.15, -0.1) is 0 Å². The van der Waals surface area contributed by atoms with Gasteiger partial charge < -0.3 is 4.90 Å². The van der Waals surface area contributed by atoms with Crippen LogP contribution >= 0.6 is 0 Å². The fourth-order valence-corrected chi connectivity index (χ4v) is 2.83. The van der Waals surface area contributed by atoms with Gasteiger partial charge in [0.05, 0.1) is 0 Å². The van der Waals surface area contributed by atoms with Gasteiger partial charge in [0.2, 0.25) is 0 Å². The molecule has 1 aromatic rings. The van der Waals surface area contributed by atoms with Crippen LogP contribution in [0.2, 0.25) is 0 Å². The Balaban J connectivity index is 2.01. The fourth-order valence-electron chi connectivity index (χ4n) is 2.83. The summed E-state index contributed by atoms with van der Waals surface area (Å²) in [6.45, 7) is 10.5. The summed E-state index contributed by atoms with van der Waals surface area (Å²) in [6.07, 6.45) is 0. The smallest absolute Gasteiger partial charge is 0.0234 e. The van der Waals surface area contributed by atoms with E-state index < -0.39 is 0 Å². The van der Waals surface area contributed by atoms with Crippen molar-refractivity contribution in [2.75, 3.05) is 33.2 Å². The van der Waals surface area contributed by atoms with Crippen molar-refractivity contribution >= 4 is 0 Å². The van der Waals surface area contributed by atoms with E-state index >= 15 is 0 Å². The second-order valence-corrected chi connectivity index (χ2v) is 6.10. The predicted molar refractivity (Wildman–Crippen MR) is 73.0 cm³/mol. The molecule has 1 aromatic carbocycles. The Hall–Kier alpha value is -0.860. The molecule has 0 bridgehead atoms. The lowest BCUT2D eigenvalue weighted by atomic mass is 9.92. The van der Waals surface area contributed by atoms with Crippen molar-refractivity contribution in [2.24, 2.45) is 5.41 Å². The van der Waals surface area contributed by atoms with E-state index in [1.165, 1.54) is 31.7 Å². The minimum atomic E-state index is 0.389. The van der Waals surface area contributed by atoms with Crippen LogP contribution in [0.5, 0.6) is 0 Å². The molecule has 0 radical (unpaired) electrons. The molecule has 0 saturated carbocycles. The summed E-state index contributed by atoms with van der Waals surface area (Å²) in [4.78, 5) is 5.03. The summed E-state index contributed by atoms with van der Waals surface area (Å²) < 4.78 is 0. The molecule has 17 heavy (non-hydrogen) atoms. The van der Waals surface area contributed by atoms with Gasteiger partial charge in [-0.3, -0.25) is 4.90 Å². The molecular weight excluding hydrogens is 208 g/mol. The van der Waals surface area contributed by atoms with E-state index in [-0.39, 0.29) is 0 Å². The normalized spacial score (nSPS) is 22.3. The van der Waals surface area contributed by atoms with E-state index in [1.807, 2.05) is 0 Å². The van der Waals surface area contributed by atoms with Crippen molar-refractivity contribution in [1.29, 1.82) is 0 Å². The van der Waals surface area contributed by atoms with Crippen LogP contribution in [0.4, 0.5) is 0 Å². The van der Waals surface area contributed by atoms with Crippen molar-refractivity contribution in [3.05, 3.63) is 35.9 Å². The average Bonchev–Trinajstić information content (AvgIpc) is 2.38. The van der Waals surface area contributed by atoms with Gasteiger partial charge in [0, 0.05) is 32.7 Å². The highest BCUT2D eigenvalue weighted by Gasteiger charge is 2.26. The zero-order valence-electron chi connectivity index (χ0n) is 11.3. The van der Waals surface area contributed by atoms with Gasteiger partial charge in [-0.2, -0.15) is 0 Å². The topological polar surface area (TPSA) is 6.48 Å². The summed E-state index contributed by atoms with van der Waals surface area (Å²) in [5, 5.41) is 0. The summed E-state index contributed by atoms with van der Waals surface area (Å²) >= 11 is 0. The zero-order chi connectivity index (χ0) is 12.3. The first-order valence-corrected chi connectivity index (χ1v) is 6.50. The van der Waals surface area contributed by atoms with E-state index in [0.29, 0.717) is 5.41 Å². The Morgan fingerprint density at radius 1 is 1.06 bits per heavy atom. The minimum absolute atomic E-state index is 0.389. The number of likely N-dealkylation sites (N-methyl/N-ethyl adjacent to an activating group) is 1. The summed E-state index contributed by atoms with van der Waals surface area (Å²) in [5.41, 5.74) is 1.81. The standard InChI is InChI=1S/C15H24N2/c1-15(2)12-16(3)9-10-17(13-15)11-14-7-5-4-6-8-14/h4-8H,9-13H2,1-3H3. The molecule has 2 heteroatoms. The maximum absolute atomic E-state index is 2.58. The predicted octanol–water partition coefficient (Wildman–Crippen LogP) is 2.46. The van der Waals surface area contributed by atoms with Crippen molar-refractivity contribution in [1.82, 2.24) is 9.80 Å². The van der Waals surface area contributed by atoms with Crippen LogP contribution in [0, 0.1) is 5.41 Å². The monoisotopic (exact) mass is 232 g/mol. The molecule has 2 rings (SSSR count). The maximum atomic E-state index is 2.58. The van der Waals surface area contributed by atoms with Gasteiger partial charge in [0.25, 0.3) is 0 Å². The van der Waals surface area contributed by atoms with Crippen LogP contribution in [0.3, 0.4) is 0 Å². The molecule has 0 unspecified atom stereocenters. The molecule has 0 atom stereocenters. The fraction of sp³-hybridized carbons (Fsp3) is 0.600. The Morgan fingerprint density at radius 2 is 1.76 bits per heavy atom. The lowest BCUT2D eigenvalue weighted by Crippen LogP contribution is -2.35. The quantitative estimate of drug-likeness (QED) is 0.773. The van der Waals surface area contributed by atoms with Crippen LogP contribution in [0.15, 0.2) is 30.3 Å². The second kappa shape index (κ2) is 5.19. The van der Waals surface area contributed by atoms with Crippen molar-refractivity contribution < 1.29 is 0 Å². The molecule has 94 valence electrons. The molecule has 0 spiro atoms. The number of hydrogen-bond acceptors (Lipinski definition) is 2. The third-order valence-corrected chi connectivity index (χ3v) is 3.40. The van der Waals surface area contributed by atoms with Crippen LogP contribution in [-0.2, 0) is 6.54 Å². The van der Waals surface area contributed by atoms with Gasteiger partial charge in [-0.1, -0.05) is 44.2 Å². The summed E-state index contributed by atoms with van der Waals surface area (Å²) in [6, 6.07) is 10.8. The molecule has 2 nitrogen and oxygen atoms in total. The minimum Gasteiger partial charge on any atom is -0.305 e. The Labute approximate surface area is 105 Å². The molecule has 1 heterocycles. The average molecular weight is 232 g/mol. The zero-order valence-corrected chi connectivity index (χ0v) is 11.3. The van der Waals surface area contributed by atoms with Gasteiger partial charge in [0.1, 0.15) is 0 Å². The van der Waals surface area contributed by atoms with Crippen molar-refractivity contribution in [3.63, 3.8) is 0 Å². The number of rotatable bonds is 2. The number of hydrogen-bond donors (Lipinski definition) is 0. The first-order valence-electron chi connectivity index (χ1n) is 6.50. The van der Waals surface area contributed by atoms with E-state index in [9.17, 15) is 0 Å². The molecular formula is C15H24N2. The van der Waals surface area contributed by atoms with Crippen LogP contribution in [0.1, 0.15) is 19.4 Å². The van der Waals surface area contributed by atoms with Gasteiger partial charge >= 0.3 is 0 Å². The Bertz CT molecular complexity index is 345. The van der Waals surface area contributed by atoms with E-state index in [4.69, 9.17) is 0 Å². The first-order chi connectivity index (χ1) is 8.05. The van der Waals surface area contributed by atoms with E-state index in [2.05, 4.69) is 61.0 Å². The Kier molecular flexibility index (Phi) is 3.85. The van der Waals surface area contributed by atoms with Crippen molar-refractivity contribution in [2.45, 2.75) is 20.4 Å². The number of benzene rings is 1. The highest BCUT2D eigenvalue weighted by atomic mass is 15.2. The number of nitrogens with zero attached hydrogens (tertiary/aromatic N) is 2. The molecule has 0 aliphatic carbocycles. The van der Waals surface area contributed by atoms with E-state index in [1.54, 1.807) is 0 Å². The summed E-state index contributed by atoms with van der Waals surface area (Å²) in [5.74, 6) is 0.